The molecule has 1 heterocycles. The van der Waals surface area contributed by atoms with E-state index in [0.717, 1.165) is 11.3 Å². The number of thiazole rings is 1. The van der Waals surface area contributed by atoms with Crippen molar-refractivity contribution in [2.45, 2.75) is 13.8 Å². The van der Waals surface area contributed by atoms with Gasteiger partial charge in [-0.3, -0.25) is 9.59 Å². The highest BCUT2D eigenvalue weighted by Crippen LogP contribution is 2.25. The molecule has 0 saturated carbocycles. The molecule has 23 heavy (non-hydrogen) atoms. The summed E-state index contributed by atoms with van der Waals surface area (Å²) in [6, 6.07) is 8.06. The van der Waals surface area contributed by atoms with Gasteiger partial charge < -0.3 is 10.1 Å². The molecule has 0 spiro atoms. The van der Waals surface area contributed by atoms with E-state index in [1.807, 2.05) is 36.6 Å². The van der Waals surface area contributed by atoms with E-state index < -0.39 is 0 Å². The number of anilines is 1. The average molecular weight is 350 g/mol. The quantitative estimate of drug-likeness (QED) is 0.776. The number of nitrogens with zero attached hydrogens (tertiary/aromatic N) is 1. The molecule has 0 saturated heterocycles. The highest BCUT2D eigenvalue weighted by molar-refractivity contribution is 8.00. The van der Waals surface area contributed by atoms with Crippen molar-refractivity contribution in [3.8, 4) is 11.3 Å². The van der Waals surface area contributed by atoms with Crippen molar-refractivity contribution in [2.75, 3.05) is 23.4 Å². The van der Waals surface area contributed by atoms with Crippen LogP contribution in [0.5, 0.6) is 0 Å². The molecule has 1 N–H and O–H groups in total. The zero-order chi connectivity index (χ0) is 16.7. The predicted molar refractivity (Wildman–Crippen MR) is 94.9 cm³/mol. The molecule has 0 unspecified atom stereocenters. The Labute approximate surface area is 143 Å². The molecule has 0 aliphatic heterocycles. The molecular formula is C16H18N2O3S2. The predicted octanol–water partition coefficient (Wildman–Crippen LogP) is 3.35. The third kappa shape index (κ3) is 5.69. The van der Waals surface area contributed by atoms with Crippen LogP contribution in [0.4, 0.5) is 5.13 Å². The summed E-state index contributed by atoms with van der Waals surface area (Å²) in [7, 11) is 0. The minimum absolute atomic E-state index is 0.174. The summed E-state index contributed by atoms with van der Waals surface area (Å²) in [5.41, 5.74) is 3.05. The summed E-state index contributed by atoms with van der Waals surface area (Å²) in [6.07, 6.45) is 0. The van der Waals surface area contributed by atoms with Crippen LogP contribution in [0, 0.1) is 6.92 Å². The van der Waals surface area contributed by atoms with Crippen molar-refractivity contribution in [3.63, 3.8) is 0 Å². The van der Waals surface area contributed by atoms with E-state index in [0.29, 0.717) is 11.7 Å². The summed E-state index contributed by atoms with van der Waals surface area (Å²) in [4.78, 5) is 27.4. The normalized spacial score (nSPS) is 10.3. The Kier molecular flexibility index (Phi) is 6.61. The van der Waals surface area contributed by atoms with Gasteiger partial charge in [-0.25, -0.2) is 4.98 Å². The molecule has 2 rings (SSSR count). The largest absolute Gasteiger partial charge is 0.465 e. The summed E-state index contributed by atoms with van der Waals surface area (Å²) in [5, 5.41) is 5.21. The SMILES string of the molecule is CCOC(=O)CSCC(=O)Nc1nc(-c2ccc(C)cc2)cs1. The van der Waals surface area contributed by atoms with Crippen LogP contribution >= 0.6 is 23.1 Å². The number of amides is 1. The van der Waals surface area contributed by atoms with Gasteiger partial charge in [0, 0.05) is 10.9 Å². The number of ether oxygens (including phenoxy) is 1. The van der Waals surface area contributed by atoms with E-state index in [4.69, 9.17) is 4.74 Å². The van der Waals surface area contributed by atoms with Gasteiger partial charge in [0.15, 0.2) is 5.13 Å². The molecule has 0 fully saturated rings. The zero-order valence-electron chi connectivity index (χ0n) is 13.0. The first-order valence-electron chi connectivity index (χ1n) is 7.14. The van der Waals surface area contributed by atoms with E-state index in [-0.39, 0.29) is 23.4 Å². The molecule has 0 aliphatic rings. The van der Waals surface area contributed by atoms with Crippen molar-refractivity contribution in [1.29, 1.82) is 0 Å². The Morgan fingerprint density at radius 2 is 2.00 bits per heavy atom. The van der Waals surface area contributed by atoms with Crippen LogP contribution in [0.2, 0.25) is 0 Å². The number of aromatic nitrogens is 1. The number of nitrogens with one attached hydrogen (secondary N) is 1. The van der Waals surface area contributed by atoms with E-state index in [1.165, 1.54) is 28.7 Å². The van der Waals surface area contributed by atoms with Crippen LogP contribution in [0.3, 0.4) is 0 Å². The molecule has 5 nitrogen and oxygen atoms in total. The number of hydrogen-bond donors (Lipinski definition) is 1. The lowest BCUT2D eigenvalue weighted by molar-refractivity contribution is -0.139. The minimum atomic E-state index is -0.304. The van der Waals surface area contributed by atoms with Crippen LogP contribution in [0.25, 0.3) is 11.3 Å². The number of benzene rings is 1. The van der Waals surface area contributed by atoms with Crippen molar-refractivity contribution < 1.29 is 14.3 Å². The number of aryl methyl sites for hydroxylation is 1. The maximum atomic E-state index is 11.8. The van der Waals surface area contributed by atoms with Crippen LogP contribution in [-0.2, 0) is 14.3 Å². The molecule has 0 radical (unpaired) electrons. The lowest BCUT2D eigenvalue weighted by Gasteiger charge is -2.02. The lowest BCUT2D eigenvalue weighted by Crippen LogP contribution is -2.16. The Morgan fingerprint density at radius 1 is 1.26 bits per heavy atom. The van der Waals surface area contributed by atoms with Gasteiger partial charge in [-0.2, -0.15) is 0 Å². The summed E-state index contributed by atoms with van der Waals surface area (Å²) in [6.45, 7) is 4.14. The van der Waals surface area contributed by atoms with Crippen molar-refractivity contribution >= 4 is 40.1 Å². The third-order valence-electron chi connectivity index (χ3n) is 2.86. The monoisotopic (exact) mass is 350 g/mol. The number of thioether (sulfide) groups is 1. The topological polar surface area (TPSA) is 68.3 Å². The maximum absolute atomic E-state index is 11.8. The Balaban J connectivity index is 1.83. The van der Waals surface area contributed by atoms with Crippen LogP contribution in [-0.4, -0.2) is 35.0 Å². The molecule has 2 aromatic rings. The van der Waals surface area contributed by atoms with Crippen molar-refractivity contribution in [2.24, 2.45) is 0 Å². The Bertz CT molecular complexity index is 668. The molecule has 0 atom stereocenters. The minimum Gasteiger partial charge on any atom is -0.465 e. The Morgan fingerprint density at radius 3 is 2.70 bits per heavy atom. The molecular weight excluding hydrogens is 332 g/mol. The third-order valence-corrected chi connectivity index (χ3v) is 4.52. The molecule has 1 aromatic heterocycles. The van der Waals surface area contributed by atoms with E-state index in [2.05, 4.69) is 10.3 Å². The number of hydrogen-bond acceptors (Lipinski definition) is 6. The zero-order valence-corrected chi connectivity index (χ0v) is 14.6. The van der Waals surface area contributed by atoms with E-state index in [1.54, 1.807) is 6.92 Å². The van der Waals surface area contributed by atoms with Crippen LogP contribution in [0.15, 0.2) is 29.6 Å². The van der Waals surface area contributed by atoms with Crippen LogP contribution < -0.4 is 5.32 Å². The van der Waals surface area contributed by atoms with Gasteiger partial charge in [0.25, 0.3) is 0 Å². The first-order chi connectivity index (χ1) is 11.1. The number of esters is 1. The fourth-order valence-electron chi connectivity index (χ4n) is 1.77. The molecule has 122 valence electrons. The first-order valence-corrected chi connectivity index (χ1v) is 9.17. The molecule has 0 bridgehead atoms. The second-order valence-corrected chi connectivity index (χ2v) is 6.59. The number of carbonyl (C=O) groups is 2. The summed E-state index contributed by atoms with van der Waals surface area (Å²) in [5.74, 6) is -0.114. The second-order valence-electron chi connectivity index (χ2n) is 4.75. The van der Waals surface area contributed by atoms with E-state index in [9.17, 15) is 9.59 Å². The maximum Gasteiger partial charge on any atom is 0.315 e. The average Bonchev–Trinajstić information content (AvgIpc) is 2.96. The van der Waals surface area contributed by atoms with Crippen LogP contribution in [0.1, 0.15) is 12.5 Å². The Hall–Kier alpha value is -1.86. The van der Waals surface area contributed by atoms with E-state index >= 15 is 0 Å². The fraction of sp³-hybridized carbons (Fsp3) is 0.312. The van der Waals surface area contributed by atoms with Gasteiger partial charge in [-0.15, -0.1) is 23.1 Å². The van der Waals surface area contributed by atoms with Gasteiger partial charge in [0.2, 0.25) is 5.91 Å². The number of carbonyl (C=O) groups excluding carboxylic acids is 2. The molecule has 1 amide bonds. The van der Waals surface area contributed by atoms with Crippen molar-refractivity contribution in [1.82, 2.24) is 4.98 Å². The van der Waals surface area contributed by atoms with Gasteiger partial charge >= 0.3 is 5.97 Å². The van der Waals surface area contributed by atoms with Gasteiger partial charge in [0.1, 0.15) is 0 Å². The molecule has 7 heteroatoms. The highest BCUT2D eigenvalue weighted by Gasteiger charge is 2.09. The van der Waals surface area contributed by atoms with Crippen molar-refractivity contribution in [3.05, 3.63) is 35.2 Å². The number of rotatable bonds is 7. The fourth-order valence-corrected chi connectivity index (χ4v) is 3.12. The van der Waals surface area contributed by atoms with Gasteiger partial charge in [-0.05, 0) is 13.8 Å². The lowest BCUT2D eigenvalue weighted by atomic mass is 10.1. The summed E-state index contributed by atoms with van der Waals surface area (Å²) >= 11 is 2.60. The first kappa shape index (κ1) is 17.5. The van der Waals surface area contributed by atoms with Gasteiger partial charge in [-0.1, -0.05) is 29.8 Å². The highest BCUT2D eigenvalue weighted by atomic mass is 32.2. The molecule has 1 aromatic carbocycles. The van der Waals surface area contributed by atoms with Gasteiger partial charge in [0.05, 0.1) is 23.8 Å². The second kappa shape index (κ2) is 8.69. The summed E-state index contributed by atoms with van der Waals surface area (Å²) < 4.78 is 4.80. The molecule has 0 aliphatic carbocycles. The standard InChI is InChI=1S/C16H18N2O3S2/c1-3-21-15(20)10-22-9-14(19)18-16-17-13(8-23-16)12-6-4-11(2)5-7-12/h4-8H,3,9-10H2,1-2H3,(H,17,18,19). The smallest absolute Gasteiger partial charge is 0.315 e.